The number of amides is 2. The van der Waals surface area contributed by atoms with Gasteiger partial charge in [0, 0.05) is 12.2 Å². The fourth-order valence-electron chi connectivity index (χ4n) is 2.58. The Labute approximate surface area is 145 Å². The third-order valence-corrected chi connectivity index (χ3v) is 3.86. The van der Waals surface area contributed by atoms with Crippen LogP contribution < -0.4 is 5.32 Å². The summed E-state index contributed by atoms with van der Waals surface area (Å²) in [5.74, 6) is -1.91. The number of nitrogens with one attached hydrogen (secondary N) is 2. The summed E-state index contributed by atoms with van der Waals surface area (Å²) in [6.45, 7) is 4.03. The van der Waals surface area contributed by atoms with Crippen LogP contribution in [0.5, 0.6) is 0 Å². The number of nitrogens with zero attached hydrogens (tertiary/aromatic N) is 2. The van der Waals surface area contributed by atoms with Crippen molar-refractivity contribution in [2.75, 3.05) is 25.0 Å². The van der Waals surface area contributed by atoms with Crippen molar-refractivity contribution in [3.63, 3.8) is 0 Å². The quantitative estimate of drug-likeness (QED) is 0.811. The zero-order chi connectivity index (χ0) is 18.9. The second-order valence-electron chi connectivity index (χ2n) is 5.65. The first-order valence-electron chi connectivity index (χ1n) is 7.68. The molecule has 1 aromatic carbocycles. The minimum atomic E-state index is -4.58. The molecule has 2 N–H and O–H groups in total. The molecule has 2 heterocycles. The number of hydrogen-bond donors (Lipinski definition) is 2. The van der Waals surface area contributed by atoms with Gasteiger partial charge in [0.05, 0.1) is 24.2 Å². The molecule has 0 spiro atoms. The largest absolute Gasteiger partial charge is 0.449 e. The summed E-state index contributed by atoms with van der Waals surface area (Å²) in [6, 6.07) is 4.16. The fourth-order valence-corrected chi connectivity index (χ4v) is 2.58. The van der Waals surface area contributed by atoms with Crippen LogP contribution in [-0.2, 0) is 20.5 Å². The van der Waals surface area contributed by atoms with E-state index in [9.17, 15) is 22.8 Å². The van der Waals surface area contributed by atoms with Crippen LogP contribution in [0.15, 0.2) is 30.9 Å². The van der Waals surface area contributed by atoms with Gasteiger partial charge in [0.15, 0.2) is 6.10 Å². The number of hydrogen-bond acceptors (Lipinski definition) is 4. The number of alkyl halides is 3. The van der Waals surface area contributed by atoms with Crippen molar-refractivity contribution >= 4 is 28.5 Å². The Balaban J connectivity index is 1.72. The molecule has 0 saturated carbocycles. The number of imidazole rings is 1. The number of H-pyrrole nitrogens is 1. The molecule has 7 nitrogen and oxygen atoms in total. The number of anilines is 1. The number of carbonyl (C=O) groups excluding carboxylic acids is 2. The zero-order valence-electron chi connectivity index (χ0n) is 13.5. The van der Waals surface area contributed by atoms with E-state index in [0.717, 1.165) is 6.08 Å². The van der Waals surface area contributed by atoms with E-state index in [-0.39, 0.29) is 35.8 Å². The highest BCUT2D eigenvalue weighted by Gasteiger charge is 2.34. The number of rotatable bonds is 3. The summed E-state index contributed by atoms with van der Waals surface area (Å²) in [5.41, 5.74) is 0.561. The minimum Gasteiger partial charge on any atom is -0.365 e. The van der Waals surface area contributed by atoms with Crippen molar-refractivity contribution in [2.24, 2.45) is 0 Å². The van der Waals surface area contributed by atoms with E-state index in [1.54, 1.807) is 0 Å². The Morgan fingerprint density at radius 3 is 2.88 bits per heavy atom. The van der Waals surface area contributed by atoms with Crippen LogP contribution in [-0.4, -0.2) is 52.5 Å². The fraction of sp³-hybridized carbons (Fsp3) is 0.312. The lowest BCUT2D eigenvalue weighted by Crippen LogP contribution is -2.49. The predicted molar refractivity (Wildman–Crippen MR) is 86.2 cm³/mol. The lowest BCUT2D eigenvalue weighted by atomic mass is 10.2. The minimum absolute atomic E-state index is 0.0706. The molecule has 0 unspecified atom stereocenters. The molecular weight excluding hydrogens is 353 g/mol. The number of carbonyl (C=O) groups is 2. The summed E-state index contributed by atoms with van der Waals surface area (Å²) >= 11 is 0. The smallest absolute Gasteiger partial charge is 0.365 e. The van der Waals surface area contributed by atoms with Gasteiger partial charge in [0.25, 0.3) is 5.91 Å². The number of morpholine rings is 1. The maximum absolute atomic E-state index is 12.7. The number of aromatic amines is 1. The first kappa shape index (κ1) is 17.9. The van der Waals surface area contributed by atoms with E-state index in [0.29, 0.717) is 6.54 Å². The molecule has 26 heavy (non-hydrogen) atoms. The molecule has 0 bridgehead atoms. The molecule has 1 aromatic heterocycles. The van der Waals surface area contributed by atoms with Crippen molar-refractivity contribution in [1.29, 1.82) is 0 Å². The monoisotopic (exact) mass is 368 g/mol. The van der Waals surface area contributed by atoms with Crippen LogP contribution in [0.2, 0.25) is 0 Å². The maximum Gasteiger partial charge on any atom is 0.449 e. The molecule has 2 amide bonds. The summed E-state index contributed by atoms with van der Waals surface area (Å²) in [7, 11) is 0. The van der Waals surface area contributed by atoms with Gasteiger partial charge in [0.1, 0.15) is 0 Å². The van der Waals surface area contributed by atoms with Crippen molar-refractivity contribution < 1.29 is 27.5 Å². The van der Waals surface area contributed by atoms with Gasteiger partial charge < -0.3 is 19.9 Å². The molecule has 1 saturated heterocycles. The van der Waals surface area contributed by atoms with Crippen molar-refractivity contribution in [3.05, 3.63) is 36.7 Å². The number of ether oxygens (including phenoxy) is 1. The summed E-state index contributed by atoms with van der Waals surface area (Å²) in [6.07, 6.45) is -4.31. The standard InChI is InChI=1S/C16H15F3N4O3/c1-2-13(24)23-5-6-26-12(8-23)14(25)20-9-3-4-10-11(7-9)22-15(21-10)16(17,18)19/h2-4,7,12H,1,5-6,8H2,(H,20,25)(H,21,22)/t12-/m0/s1. The second-order valence-corrected chi connectivity index (χ2v) is 5.65. The number of fused-ring (bicyclic) bond motifs is 1. The SMILES string of the molecule is C=CC(=O)N1CCO[C@H](C(=O)Nc2ccc3nc(C(F)(F)F)[nH]c3c2)C1. The first-order chi connectivity index (χ1) is 12.3. The molecule has 3 rings (SSSR count). The van der Waals surface area contributed by atoms with Gasteiger partial charge in [-0.15, -0.1) is 0 Å². The van der Waals surface area contributed by atoms with Crippen LogP contribution in [0.3, 0.4) is 0 Å². The van der Waals surface area contributed by atoms with E-state index in [2.05, 4.69) is 21.9 Å². The average molecular weight is 368 g/mol. The van der Waals surface area contributed by atoms with Crippen molar-refractivity contribution in [2.45, 2.75) is 12.3 Å². The van der Waals surface area contributed by atoms with Crippen LogP contribution in [0.4, 0.5) is 18.9 Å². The van der Waals surface area contributed by atoms with Gasteiger partial charge in [-0.3, -0.25) is 9.59 Å². The molecular formula is C16H15F3N4O3. The van der Waals surface area contributed by atoms with Crippen LogP contribution >= 0.6 is 0 Å². The van der Waals surface area contributed by atoms with Crippen molar-refractivity contribution in [1.82, 2.24) is 14.9 Å². The molecule has 1 atom stereocenters. The molecule has 1 aliphatic heterocycles. The van der Waals surface area contributed by atoms with Gasteiger partial charge in [-0.25, -0.2) is 4.98 Å². The Kier molecular flexibility index (Phi) is 4.68. The van der Waals surface area contributed by atoms with E-state index in [1.807, 2.05) is 0 Å². The summed E-state index contributed by atoms with van der Waals surface area (Å²) in [4.78, 5) is 31.0. The topological polar surface area (TPSA) is 87.3 Å². The summed E-state index contributed by atoms with van der Waals surface area (Å²) in [5, 5.41) is 2.57. The molecule has 138 valence electrons. The predicted octanol–water partition coefficient (Wildman–Crippen LogP) is 1.93. The third-order valence-electron chi connectivity index (χ3n) is 3.86. The Morgan fingerprint density at radius 1 is 1.42 bits per heavy atom. The number of aromatic nitrogens is 2. The number of benzene rings is 1. The number of halogens is 3. The van der Waals surface area contributed by atoms with E-state index >= 15 is 0 Å². The molecule has 0 radical (unpaired) electrons. The lowest BCUT2D eigenvalue weighted by Gasteiger charge is -2.31. The van der Waals surface area contributed by atoms with Gasteiger partial charge in [-0.2, -0.15) is 13.2 Å². The second kappa shape index (κ2) is 6.79. The maximum atomic E-state index is 12.7. The highest BCUT2D eigenvalue weighted by molar-refractivity contribution is 5.96. The Bertz CT molecular complexity index is 862. The molecule has 1 aliphatic rings. The molecule has 2 aromatic rings. The Morgan fingerprint density at radius 2 is 2.19 bits per heavy atom. The van der Waals surface area contributed by atoms with E-state index in [4.69, 9.17) is 4.74 Å². The zero-order valence-corrected chi connectivity index (χ0v) is 13.5. The molecule has 0 aliphatic carbocycles. The average Bonchev–Trinajstić information content (AvgIpc) is 3.05. The van der Waals surface area contributed by atoms with Gasteiger partial charge >= 0.3 is 6.18 Å². The highest BCUT2D eigenvalue weighted by atomic mass is 19.4. The van der Waals surface area contributed by atoms with Crippen molar-refractivity contribution in [3.8, 4) is 0 Å². The first-order valence-corrected chi connectivity index (χ1v) is 7.68. The van der Waals surface area contributed by atoms with Crippen LogP contribution in [0, 0.1) is 0 Å². The highest BCUT2D eigenvalue weighted by Crippen LogP contribution is 2.29. The van der Waals surface area contributed by atoms with Crippen LogP contribution in [0.25, 0.3) is 11.0 Å². The molecule has 10 heteroatoms. The molecule has 1 fully saturated rings. The van der Waals surface area contributed by atoms with E-state index < -0.39 is 24.0 Å². The normalized spacial score (nSPS) is 18.0. The Hall–Kier alpha value is -2.88. The van der Waals surface area contributed by atoms with Gasteiger partial charge in [-0.05, 0) is 24.3 Å². The summed E-state index contributed by atoms with van der Waals surface area (Å²) < 4.78 is 43.4. The van der Waals surface area contributed by atoms with Gasteiger partial charge in [-0.1, -0.05) is 6.58 Å². The lowest BCUT2D eigenvalue weighted by molar-refractivity contribution is -0.144. The van der Waals surface area contributed by atoms with Gasteiger partial charge in [0.2, 0.25) is 11.7 Å². The third kappa shape index (κ3) is 3.69. The van der Waals surface area contributed by atoms with Crippen LogP contribution in [0.1, 0.15) is 5.82 Å². The van der Waals surface area contributed by atoms with E-state index in [1.165, 1.54) is 23.1 Å².